The quantitative estimate of drug-likeness (QED) is 0.280. The van der Waals surface area contributed by atoms with Crippen LogP contribution in [-0.4, -0.2) is 72.0 Å². The Morgan fingerprint density at radius 3 is 1.08 bits per heavy atom. The molecule has 0 aromatic rings. The van der Waals surface area contributed by atoms with Crippen molar-refractivity contribution in [2.24, 2.45) is 0 Å². The molecule has 0 rings (SSSR count). The largest absolute Gasteiger partial charge is 1.00 e. The predicted molar refractivity (Wildman–Crippen MR) is 68.7 cm³/mol. The van der Waals surface area contributed by atoms with E-state index in [1.54, 1.807) is 14.1 Å². The first-order chi connectivity index (χ1) is 4.91. The van der Waals surface area contributed by atoms with Crippen molar-refractivity contribution in [3.05, 3.63) is 0 Å². The fourth-order valence-electron chi connectivity index (χ4n) is 0.385. The number of hydrogen-bond donors (Lipinski definition) is 0. The Bertz CT molecular complexity index is 69.7. The Morgan fingerprint density at radius 1 is 0.583 bits per heavy atom. The third-order valence-electron chi connectivity index (χ3n) is 0.778. The molecule has 50 valence electrons. The van der Waals surface area contributed by atoms with Gasteiger partial charge in [-0.25, -0.2) is 0 Å². The van der Waals surface area contributed by atoms with Gasteiger partial charge in [0.2, 0.25) is 0 Å². The molecule has 0 aromatic carbocycles. The molecule has 0 N–H and O–H groups in total. The molecule has 0 aliphatic rings. The second-order valence-corrected chi connectivity index (χ2v) is 1.54. The van der Waals surface area contributed by atoms with Gasteiger partial charge >= 0.3 is 103 Å². The Labute approximate surface area is 185 Å². The number of hydrogen-bond acceptors (Lipinski definition) is 0. The van der Waals surface area contributed by atoms with Crippen molar-refractivity contribution in [2.45, 2.75) is 0 Å². The van der Waals surface area contributed by atoms with Gasteiger partial charge in [-0.15, -0.1) is 0 Å². The van der Waals surface area contributed by atoms with E-state index in [1.165, 1.54) is 14.1 Å². The normalized spacial score (nSPS) is 5.67. The van der Waals surface area contributed by atoms with Crippen molar-refractivity contribution in [1.82, 2.24) is 0 Å². The molecule has 0 atom stereocenters. The van der Waals surface area contributed by atoms with Gasteiger partial charge in [0.05, 0.1) is 0 Å². The predicted octanol–water partition coefficient (Wildman–Crippen LogP) is -8.68. The summed E-state index contributed by atoms with van der Waals surface area (Å²) in [5.41, 5.74) is 0. The van der Waals surface area contributed by atoms with Crippen molar-refractivity contribution in [2.75, 3.05) is 0 Å². The third-order valence-corrected chi connectivity index (χ3v) is 0.778. The van der Waals surface area contributed by atoms with Gasteiger partial charge in [-0.05, 0) is 0 Å². The fraction of sp³-hybridized carbons (Fsp3) is 0. The summed E-state index contributed by atoms with van der Waals surface area (Å²) in [6.07, 6.45) is 0. The third kappa shape index (κ3) is 19.5. The first-order valence-corrected chi connectivity index (χ1v) is 3.00. The summed E-state index contributed by atoms with van der Waals surface area (Å²) < 4.78 is 0. The molecular formula is H10B10K2-8. The SMILES string of the molecule is [B][B][B][B][B][B][B][B][B][B].[H-].[H-].[H-].[H-].[H-].[H-].[H-].[H-].[H-].[H-].[K+].[K+]. The molecule has 0 nitrogen and oxygen atoms in total. The molecule has 0 saturated heterocycles. The van der Waals surface area contributed by atoms with Gasteiger partial charge in [0.1, 0.15) is 0 Å². The monoisotopic (exact) mass is 198 g/mol. The second kappa shape index (κ2) is 20.3. The standard InChI is InChI=1S/B10.2K.10H/c1-3-5-7-9-10-8-6-4-2;;;;;;;;;;;;/q;2*+1;10*-1. The molecule has 0 aliphatic carbocycles. The van der Waals surface area contributed by atoms with Crippen LogP contribution < -0.4 is 103 Å². The summed E-state index contributed by atoms with van der Waals surface area (Å²) in [7, 11) is 24.0. The van der Waals surface area contributed by atoms with Crippen LogP contribution in [0.5, 0.6) is 0 Å². The van der Waals surface area contributed by atoms with Crippen LogP contribution in [0.3, 0.4) is 0 Å². The van der Waals surface area contributed by atoms with E-state index in [0.717, 1.165) is 0 Å². The summed E-state index contributed by atoms with van der Waals surface area (Å²) in [5, 5.41) is 0. The smallest absolute Gasteiger partial charge is 1.00 e. The molecule has 0 amide bonds. The molecule has 0 spiro atoms. The average molecular weight is 196 g/mol. The first-order valence-electron chi connectivity index (χ1n) is 3.00. The molecule has 12 radical (unpaired) electrons. The Balaban J connectivity index is -0.00000000614. The molecule has 0 saturated carbocycles. The number of rotatable bonds is 7. The molecule has 0 bridgehead atoms. The van der Waals surface area contributed by atoms with Gasteiger partial charge in [0, 0.05) is 72.0 Å². The van der Waals surface area contributed by atoms with E-state index < -0.39 is 0 Å². The minimum absolute atomic E-state index is 0. The summed E-state index contributed by atoms with van der Waals surface area (Å²) in [5.74, 6) is 0. The van der Waals surface area contributed by atoms with Crippen LogP contribution in [0.2, 0.25) is 0 Å². The zero-order chi connectivity index (χ0) is 7.66. The van der Waals surface area contributed by atoms with E-state index in [2.05, 4.69) is 0 Å². The molecule has 0 aromatic heterocycles. The Kier molecular flexibility index (Phi) is 36.0. The first kappa shape index (κ1) is 21.2. The van der Waals surface area contributed by atoms with Gasteiger partial charge in [-0.1, -0.05) is 0 Å². The molecule has 12 heavy (non-hydrogen) atoms. The topological polar surface area (TPSA) is 0 Å². The van der Waals surface area contributed by atoms with Crippen molar-refractivity contribution in [1.29, 1.82) is 0 Å². The van der Waals surface area contributed by atoms with Crippen LogP contribution in [-0.2, 0) is 0 Å². The van der Waals surface area contributed by atoms with E-state index in [0.29, 0.717) is 0 Å². The molecule has 12 heteroatoms. The summed E-state index contributed by atoms with van der Waals surface area (Å²) in [6.45, 7) is 0. The molecule has 0 heterocycles. The van der Waals surface area contributed by atoms with Crippen LogP contribution >= 0.6 is 0 Å². The van der Waals surface area contributed by atoms with Crippen LogP contribution in [0, 0.1) is 0 Å². The summed E-state index contributed by atoms with van der Waals surface area (Å²) in [6, 6.07) is 0. The van der Waals surface area contributed by atoms with Crippen molar-refractivity contribution in [3.8, 4) is 0 Å². The average Bonchev–Trinajstić information content (AvgIpc) is 1.97. The zero-order valence-corrected chi connectivity index (χ0v) is 14.0. The zero-order valence-electron chi connectivity index (χ0n) is 17.8. The van der Waals surface area contributed by atoms with Gasteiger partial charge in [0.25, 0.3) is 0 Å². The van der Waals surface area contributed by atoms with Crippen molar-refractivity contribution >= 4 is 72.0 Å². The van der Waals surface area contributed by atoms with E-state index in [1.807, 2.05) is 28.2 Å². The van der Waals surface area contributed by atoms with Crippen molar-refractivity contribution in [3.63, 3.8) is 0 Å². The Hall–Kier alpha value is 3.92. The second-order valence-electron chi connectivity index (χ2n) is 1.54. The Morgan fingerprint density at radius 2 is 0.833 bits per heavy atom. The molecular weight excluding hydrogens is 186 g/mol. The van der Waals surface area contributed by atoms with Gasteiger partial charge in [-0.2, -0.15) is 0 Å². The van der Waals surface area contributed by atoms with E-state index in [4.69, 9.17) is 15.5 Å². The maximum atomic E-state index is 5.08. The summed E-state index contributed by atoms with van der Waals surface area (Å²) in [4.78, 5) is 0. The fourth-order valence-corrected chi connectivity index (χ4v) is 0.385. The molecule has 0 fully saturated rings. The van der Waals surface area contributed by atoms with Crippen molar-refractivity contribution < 1.29 is 117 Å². The van der Waals surface area contributed by atoms with Gasteiger partial charge < -0.3 is 14.3 Å². The van der Waals surface area contributed by atoms with Gasteiger partial charge in [0.15, 0.2) is 0 Å². The van der Waals surface area contributed by atoms with Crippen LogP contribution in [0.15, 0.2) is 0 Å². The summed E-state index contributed by atoms with van der Waals surface area (Å²) >= 11 is 0. The maximum Gasteiger partial charge on any atom is 1.00 e. The molecule has 0 unspecified atom stereocenters. The van der Waals surface area contributed by atoms with E-state index in [-0.39, 0.29) is 117 Å². The van der Waals surface area contributed by atoms with E-state index >= 15 is 0 Å². The van der Waals surface area contributed by atoms with Crippen LogP contribution in [0.25, 0.3) is 0 Å². The minimum Gasteiger partial charge on any atom is -1.00 e. The maximum absolute atomic E-state index is 5.08. The van der Waals surface area contributed by atoms with Gasteiger partial charge in [-0.3, -0.25) is 0 Å². The van der Waals surface area contributed by atoms with E-state index in [9.17, 15) is 0 Å². The minimum atomic E-state index is 0. The van der Waals surface area contributed by atoms with Crippen LogP contribution in [0.4, 0.5) is 0 Å². The van der Waals surface area contributed by atoms with Crippen LogP contribution in [0.1, 0.15) is 14.3 Å². The molecule has 0 aliphatic heterocycles.